The fourth-order valence-corrected chi connectivity index (χ4v) is 4.48. The summed E-state index contributed by atoms with van der Waals surface area (Å²) in [5.74, 6) is 0.593. The molecule has 1 aromatic carbocycles. The highest BCUT2D eigenvalue weighted by atomic mass is 79.9. The van der Waals surface area contributed by atoms with Crippen LogP contribution in [0.4, 0.5) is 0 Å². The number of hydrogen-bond donors (Lipinski definition) is 1. The number of carbonyl (C=O) groups is 1. The summed E-state index contributed by atoms with van der Waals surface area (Å²) >= 11 is 6.37. The van der Waals surface area contributed by atoms with Crippen molar-refractivity contribution in [3.05, 3.63) is 75.2 Å². The molecule has 0 saturated carbocycles. The molecule has 0 aliphatic heterocycles. The Morgan fingerprint density at radius 2 is 2.06 bits per heavy atom. The molecule has 0 fully saturated rings. The van der Waals surface area contributed by atoms with E-state index in [-0.39, 0.29) is 11.7 Å². The number of rotatable bonds is 7. The molecule has 4 rings (SSSR count). The van der Waals surface area contributed by atoms with E-state index in [0.717, 1.165) is 20.6 Å². The molecule has 3 aromatic heterocycles. The van der Waals surface area contributed by atoms with Crippen LogP contribution >= 0.6 is 39.0 Å². The second-order valence-electron chi connectivity index (χ2n) is 6.39. The van der Waals surface area contributed by atoms with Crippen LogP contribution in [0.15, 0.2) is 75.7 Å². The van der Waals surface area contributed by atoms with E-state index in [2.05, 4.69) is 41.6 Å². The number of pyridine rings is 1. The summed E-state index contributed by atoms with van der Waals surface area (Å²) in [6.45, 7) is 2.03. The highest BCUT2D eigenvalue weighted by molar-refractivity contribution is 9.10. The van der Waals surface area contributed by atoms with Crippen LogP contribution in [0.2, 0.25) is 0 Å². The Hall–Kier alpha value is -2.82. The van der Waals surface area contributed by atoms with Gasteiger partial charge in [0.15, 0.2) is 11.0 Å². The number of amides is 1. The molecule has 1 amide bonds. The van der Waals surface area contributed by atoms with E-state index in [1.54, 1.807) is 29.9 Å². The number of thioether (sulfide) groups is 1. The van der Waals surface area contributed by atoms with Crippen LogP contribution in [0.25, 0.3) is 17.1 Å². The molecule has 156 valence electrons. The minimum atomic E-state index is -0.220. The molecule has 3 heterocycles. The number of hydrogen-bond acceptors (Lipinski definition) is 7. The van der Waals surface area contributed by atoms with E-state index < -0.39 is 0 Å². The zero-order valence-electron chi connectivity index (χ0n) is 16.4. The van der Waals surface area contributed by atoms with Crippen LogP contribution in [0.3, 0.4) is 0 Å². The maximum Gasteiger partial charge on any atom is 0.250 e. The third kappa shape index (κ3) is 5.46. The first kappa shape index (κ1) is 21.4. The fourth-order valence-electron chi connectivity index (χ4n) is 2.72. The number of benzene rings is 1. The van der Waals surface area contributed by atoms with E-state index in [4.69, 9.17) is 0 Å². The van der Waals surface area contributed by atoms with Gasteiger partial charge in [0, 0.05) is 37.9 Å². The SMILES string of the molecule is Cc1ccc(C=NNC(=O)CSc2nnc(-c3cccnc3)n2-c2ccc(Br)cc2)s1. The van der Waals surface area contributed by atoms with Gasteiger partial charge in [-0.2, -0.15) is 5.10 Å². The van der Waals surface area contributed by atoms with Gasteiger partial charge < -0.3 is 0 Å². The zero-order chi connectivity index (χ0) is 21.6. The van der Waals surface area contributed by atoms with Gasteiger partial charge in [-0.15, -0.1) is 21.5 Å². The van der Waals surface area contributed by atoms with E-state index in [0.29, 0.717) is 11.0 Å². The average Bonchev–Trinajstić information content (AvgIpc) is 3.39. The third-order valence-corrected chi connectivity index (χ3v) is 6.51. The predicted octanol–water partition coefficient (Wildman–Crippen LogP) is 4.70. The number of carbonyl (C=O) groups excluding carboxylic acids is 1. The van der Waals surface area contributed by atoms with Gasteiger partial charge in [-0.05, 0) is 55.5 Å². The minimum absolute atomic E-state index is 0.155. The number of nitrogens with one attached hydrogen (secondary N) is 1. The molecule has 0 aliphatic rings. The smallest absolute Gasteiger partial charge is 0.250 e. The van der Waals surface area contributed by atoms with E-state index in [9.17, 15) is 4.79 Å². The second-order valence-corrected chi connectivity index (χ2v) is 9.57. The van der Waals surface area contributed by atoms with Crippen molar-refractivity contribution in [2.45, 2.75) is 12.1 Å². The van der Waals surface area contributed by atoms with Crippen molar-refractivity contribution in [3.63, 3.8) is 0 Å². The molecular formula is C21H17BrN6OS2. The lowest BCUT2D eigenvalue weighted by atomic mass is 10.2. The lowest BCUT2D eigenvalue weighted by molar-refractivity contribution is -0.118. The van der Waals surface area contributed by atoms with Crippen molar-refractivity contribution < 1.29 is 4.79 Å². The normalized spacial score (nSPS) is 11.2. The lowest BCUT2D eigenvalue weighted by Crippen LogP contribution is -2.19. The van der Waals surface area contributed by atoms with E-state index >= 15 is 0 Å². The van der Waals surface area contributed by atoms with Crippen molar-refractivity contribution in [1.82, 2.24) is 25.2 Å². The van der Waals surface area contributed by atoms with Crippen LogP contribution < -0.4 is 5.43 Å². The number of hydrazone groups is 1. The number of aryl methyl sites for hydroxylation is 1. The van der Waals surface area contributed by atoms with Gasteiger partial charge in [0.2, 0.25) is 0 Å². The van der Waals surface area contributed by atoms with Gasteiger partial charge >= 0.3 is 0 Å². The molecule has 0 unspecified atom stereocenters. The maximum absolute atomic E-state index is 12.3. The van der Waals surface area contributed by atoms with Crippen molar-refractivity contribution in [1.29, 1.82) is 0 Å². The molecule has 4 aromatic rings. The summed E-state index contributed by atoms with van der Waals surface area (Å²) in [6.07, 6.45) is 5.09. The van der Waals surface area contributed by atoms with Gasteiger partial charge in [-0.25, -0.2) is 5.43 Å². The molecule has 0 saturated heterocycles. The molecule has 0 bridgehead atoms. The zero-order valence-corrected chi connectivity index (χ0v) is 19.6. The standard InChI is InChI=1S/C21H17BrN6OS2/c1-14-4-9-18(31-14)12-24-25-19(29)13-30-21-27-26-20(15-3-2-10-23-11-15)28(21)17-7-5-16(22)6-8-17/h2-12H,13H2,1H3,(H,25,29). The van der Waals surface area contributed by atoms with E-state index in [1.807, 2.05) is 60.0 Å². The Morgan fingerprint density at radius 1 is 1.23 bits per heavy atom. The monoisotopic (exact) mass is 512 g/mol. The molecule has 31 heavy (non-hydrogen) atoms. The van der Waals surface area contributed by atoms with Gasteiger partial charge in [0.05, 0.1) is 12.0 Å². The minimum Gasteiger partial charge on any atom is -0.272 e. The van der Waals surface area contributed by atoms with Gasteiger partial charge in [-0.1, -0.05) is 27.7 Å². The molecule has 7 nitrogen and oxygen atoms in total. The summed E-state index contributed by atoms with van der Waals surface area (Å²) in [7, 11) is 0. The fraction of sp³-hybridized carbons (Fsp3) is 0.0952. The van der Waals surface area contributed by atoms with Crippen molar-refractivity contribution in [3.8, 4) is 17.1 Å². The summed E-state index contributed by atoms with van der Waals surface area (Å²) in [4.78, 5) is 18.6. The molecule has 0 aliphatic carbocycles. The summed E-state index contributed by atoms with van der Waals surface area (Å²) in [6, 6.07) is 15.6. The predicted molar refractivity (Wildman–Crippen MR) is 128 cm³/mol. The average molecular weight is 513 g/mol. The first-order chi connectivity index (χ1) is 15.1. The van der Waals surface area contributed by atoms with Gasteiger partial charge in [-0.3, -0.25) is 14.3 Å². The number of nitrogens with zero attached hydrogens (tertiary/aromatic N) is 5. The van der Waals surface area contributed by atoms with Crippen molar-refractivity contribution in [2.24, 2.45) is 5.10 Å². The maximum atomic E-state index is 12.3. The van der Waals surface area contributed by atoms with Crippen LogP contribution in [0, 0.1) is 6.92 Å². The van der Waals surface area contributed by atoms with Crippen LogP contribution in [0.1, 0.15) is 9.75 Å². The molecule has 1 N–H and O–H groups in total. The third-order valence-electron chi connectivity index (χ3n) is 4.11. The first-order valence-electron chi connectivity index (χ1n) is 9.23. The summed E-state index contributed by atoms with van der Waals surface area (Å²) in [5, 5.41) is 13.3. The Bertz CT molecular complexity index is 1200. The van der Waals surface area contributed by atoms with Crippen LogP contribution in [-0.4, -0.2) is 37.6 Å². The van der Waals surface area contributed by atoms with Crippen LogP contribution in [-0.2, 0) is 4.79 Å². The Kier molecular flexibility index (Phi) is 6.90. The Morgan fingerprint density at radius 3 is 2.77 bits per heavy atom. The van der Waals surface area contributed by atoms with Crippen molar-refractivity contribution >= 4 is 51.2 Å². The number of thiophene rings is 1. The van der Waals surface area contributed by atoms with Gasteiger partial charge in [0.1, 0.15) is 0 Å². The first-order valence-corrected chi connectivity index (χ1v) is 11.8. The highest BCUT2D eigenvalue weighted by Crippen LogP contribution is 2.28. The second kappa shape index (κ2) is 9.99. The summed E-state index contributed by atoms with van der Waals surface area (Å²) in [5.41, 5.74) is 4.29. The molecule has 0 radical (unpaired) electrons. The topological polar surface area (TPSA) is 85.1 Å². The Labute approximate surface area is 195 Å². The van der Waals surface area contributed by atoms with Crippen LogP contribution in [0.5, 0.6) is 0 Å². The largest absolute Gasteiger partial charge is 0.272 e. The quantitative estimate of drug-likeness (QED) is 0.220. The number of aromatic nitrogens is 4. The van der Waals surface area contributed by atoms with E-state index in [1.165, 1.54) is 16.6 Å². The molecule has 0 spiro atoms. The summed E-state index contributed by atoms with van der Waals surface area (Å²) < 4.78 is 2.89. The van der Waals surface area contributed by atoms with Crippen molar-refractivity contribution in [2.75, 3.05) is 5.75 Å². The van der Waals surface area contributed by atoms with Gasteiger partial charge in [0.25, 0.3) is 5.91 Å². The lowest BCUT2D eigenvalue weighted by Gasteiger charge is -2.10. The molecule has 10 heteroatoms. The highest BCUT2D eigenvalue weighted by Gasteiger charge is 2.17. The Balaban J connectivity index is 1.51. The molecule has 0 atom stereocenters. The molecular weight excluding hydrogens is 496 g/mol. The number of halogens is 1.